The molecule has 0 aliphatic rings. The number of hydrogen-bond donors (Lipinski definition) is 1. The van der Waals surface area contributed by atoms with Crippen molar-refractivity contribution >= 4 is 5.97 Å². The summed E-state index contributed by atoms with van der Waals surface area (Å²) in [5, 5.41) is 7.56. The predicted octanol–water partition coefficient (Wildman–Crippen LogP) is 1.87. The van der Waals surface area contributed by atoms with Crippen molar-refractivity contribution in [1.82, 2.24) is 15.1 Å². The summed E-state index contributed by atoms with van der Waals surface area (Å²) in [5.74, 6) is -0.299. The van der Waals surface area contributed by atoms with Crippen LogP contribution in [0, 0.1) is 0 Å². The number of carbonyl (C=O) groups excluding carboxylic acids is 1. The molecule has 0 saturated carbocycles. The molecule has 5 heteroatoms. The normalized spacial score (nSPS) is 10.9. The fraction of sp³-hybridized carbons (Fsp3) is 0.692. The first kappa shape index (κ1) is 14.7. The third-order valence-corrected chi connectivity index (χ3v) is 3.10. The number of nitrogens with one attached hydrogen (secondary N) is 1. The van der Waals surface area contributed by atoms with E-state index < -0.39 is 0 Å². The smallest absolute Gasteiger partial charge is 0.341 e. The summed E-state index contributed by atoms with van der Waals surface area (Å²) >= 11 is 0. The van der Waals surface area contributed by atoms with Crippen molar-refractivity contribution in [3.05, 3.63) is 17.5 Å². The molecule has 0 atom stereocenters. The van der Waals surface area contributed by atoms with Gasteiger partial charge < -0.3 is 10.1 Å². The van der Waals surface area contributed by atoms with Gasteiger partial charge in [0.2, 0.25) is 0 Å². The molecule has 1 aromatic rings. The van der Waals surface area contributed by atoms with Crippen LogP contribution >= 0.6 is 0 Å². The van der Waals surface area contributed by atoms with Crippen molar-refractivity contribution in [2.75, 3.05) is 6.61 Å². The van der Waals surface area contributed by atoms with Crippen molar-refractivity contribution in [3.8, 4) is 0 Å². The highest BCUT2D eigenvalue weighted by Crippen LogP contribution is 2.10. The molecule has 0 aromatic carbocycles. The van der Waals surface area contributed by atoms with E-state index in [9.17, 15) is 4.79 Å². The molecule has 1 N–H and O–H groups in total. The molecular weight excluding hydrogens is 230 g/mol. The van der Waals surface area contributed by atoms with Crippen LogP contribution in [0.25, 0.3) is 0 Å². The third kappa shape index (κ3) is 3.57. The number of rotatable bonds is 7. The highest BCUT2D eigenvalue weighted by atomic mass is 16.5. The monoisotopic (exact) mass is 253 g/mol. The number of hydrogen-bond acceptors (Lipinski definition) is 4. The summed E-state index contributed by atoms with van der Waals surface area (Å²) in [6, 6.07) is 0.468. The van der Waals surface area contributed by atoms with Crippen LogP contribution in [0.5, 0.6) is 0 Å². The fourth-order valence-corrected chi connectivity index (χ4v) is 1.87. The molecule has 0 fully saturated rings. The average Bonchev–Trinajstić information content (AvgIpc) is 2.73. The molecule has 0 amide bonds. The van der Waals surface area contributed by atoms with Gasteiger partial charge in [-0.25, -0.2) is 4.79 Å². The largest absolute Gasteiger partial charge is 0.462 e. The average molecular weight is 253 g/mol. The van der Waals surface area contributed by atoms with E-state index in [-0.39, 0.29) is 5.97 Å². The van der Waals surface area contributed by atoms with Gasteiger partial charge in [-0.3, -0.25) is 4.68 Å². The minimum absolute atomic E-state index is 0.299. The van der Waals surface area contributed by atoms with Crippen molar-refractivity contribution in [2.45, 2.75) is 46.2 Å². The van der Waals surface area contributed by atoms with Crippen LogP contribution in [-0.2, 0) is 18.3 Å². The van der Waals surface area contributed by atoms with Crippen LogP contribution in [0.15, 0.2) is 6.20 Å². The van der Waals surface area contributed by atoms with Crippen LogP contribution in [0.3, 0.4) is 0 Å². The van der Waals surface area contributed by atoms with Crippen LogP contribution in [0.4, 0.5) is 0 Å². The summed E-state index contributed by atoms with van der Waals surface area (Å²) in [4.78, 5) is 11.8. The van der Waals surface area contributed by atoms with Crippen LogP contribution in [0.2, 0.25) is 0 Å². The lowest BCUT2D eigenvalue weighted by Crippen LogP contribution is -2.28. The Labute approximate surface area is 109 Å². The van der Waals surface area contributed by atoms with E-state index in [1.807, 2.05) is 7.05 Å². The summed E-state index contributed by atoms with van der Waals surface area (Å²) in [5.41, 5.74) is 1.43. The van der Waals surface area contributed by atoms with Gasteiger partial charge in [-0.1, -0.05) is 13.8 Å². The zero-order chi connectivity index (χ0) is 13.5. The number of nitrogens with zero attached hydrogens (tertiary/aromatic N) is 2. The molecule has 1 aromatic heterocycles. The van der Waals surface area contributed by atoms with E-state index in [4.69, 9.17) is 4.74 Å². The Hall–Kier alpha value is -1.36. The van der Waals surface area contributed by atoms with Crippen LogP contribution in [0.1, 0.15) is 49.7 Å². The number of carbonyl (C=O) groups is 1. The minimum Gasteiger partial charge on any atom is -0.462 e. The molecule has 1 rings (SSSR count). The SMILES string of the molecule is CCOC(=O)c1cnn(C)c1CNC(CC)CC. The molecule has 102 valence electrons. The standard InChI is InChI=1S/C13H23N3O2/c1-5-10(6-2)14-9-12-11(8-15-16(12)4)13(17)18-7-3/h8,10,14H,5-7,9H2,1-4H3. The third-order valence-electron chi connectivity index (χ3n) is 3.10. The lowest BCUT2D eigenvalue weighted by molar-refractivity contribution is 0.0524. The highest BCUT2D eigenvalue weighted by Gasteiger charge is 2.17. The fourth-order valence-electron chi connectivity index (χ4n) is 1.87. The summed E-state index contributed by atoms with van der Waals surface area (Å²) in [6.45, 7) is 7.12. The molecule has 0 radical (unpaired) electrons. The highest BCUT2D eigenvalue weighted by molar-refractivity contribution is 5.90. The molecule has 18 heavy (non-hydrogen) atoms. The van der Waals surface area contributed by atoms with Crippen molar-refractivity contribution in [1.29, 1.82) is 0 Å². The van der Waals surface area contributed by atoms with E-state index in [1.54, 1.807) is 17.8 Å². The first-order chi connectivity index (χ1) is 8.63. The lowest BCUT2D eigenvalue weighted by atomic mass is 10.1. The molecular formula is C13H23N3O2. The second-order valence-electron chi connectivity index (χ2n) is 4.24. The topological polar surface area (TPSA) is 56.1 Å². The zero-order valence-corrected chi connectivity index (χ0v) is 11.7. The Kier molecular flexibility index (Phi) is 5.85. The van der Waals surface area contributed by atoms with E-state index >= 15 is 0 Å². The second-order valence-corrected chi connectivity index (χ2v) is 4.24. The van der Waals surface area contributed by atoms with Gasteiger partial charge in [0.1, 0.15) is 5.56 Å². The first-order valence-electron chi connectivity index (χ1n) is 6.55. The summed E-state index contributed by atoms with van der Waals surface area (Å²) in [7, 11) is 1.84. The molecule has 0 saturated heterocycles. The molecule has 1 heterocycles. The molecule has 0 unspecified atom stereocenters. The number of aryl methyl sites for hydroxylation is 1. The minimum atomic E-state index is -0.299. The Balaban J connectivity index is 2.75. The Morgan fingerprint density at radius 1 is 1.44 bits per heavy atom. The number of ether oxygens (including phenoxy) is 1. The van der Waals surface area contributed by atoms with Gasteiger partial charge in [0, 0.05) is 19.6 Å². The zero-order valence-electron chi connectivity index (χ0n) is 11.7. The number of esters is 1. The van der Waals surface area contributed by atoms with E-state index in [0.717, 1.165) is 18.5 Å². The predicted molar refractivity (Wildman–Crippen MR) is 70.4 cm³/mol. The van der Waals surface area contributed by atoms with E-state index in [0.29, 0.717) is 24.8 Å². The van der Waals surface area contributed by atoms with Gasteiger partial charge in [-0.05, 0) is 19.8 Å². The quantitative estimate of drug-likeness (QED) is 0.754. The maximum Gasteiger partial charge on any atom is 0.341 e. The van der Waals surface area contributed by atoms with Gasteiger partial charge in [0.25, 0.3) is 0 Å². The molecule has 5 nitrogen and oxygen atoms in total. The second kappa shape index (κ2) is 7.16. The van der Waals surface area contributed by atoms with E-state index in [1.165, 1.54) is 0 Å². The van der Waals surface area contributed by atoms with Gasteiger partial charge in [0.15, 0.2) is 0 Å². The molecule has 0 aliphatic carbocycles. The van der Waals surface area contributed by atoms with Crippen molar-refractivity contribution in [3.63, 3.8) is 0 Å². The van der Waals surface area contributed by atoms with Gasteiger partial charge in [0.05, 0.1) is 18.5 Å². The maximum atomic E-state index is 11.8. The first-order valence-corrected chi connectivity index (χ1v) is 6.55. The van der Waals surface area contributed by atoms with Gasteiger partial charge >= 0.3 is 5.97 Å². The van der Waals surface area contributed by atoms with Gasteiger partial charge in [-0.2, -0.15) is 5.10 Å². The Morgan fingerprint density at radius 2 is 2.11 bits per heavy atom. The van der Waals surface area contributed by atoms with Crippen molar-refractivity contribution < 1.29 is 9.53 Å². The number of aromatic nitrogens is 2. The lowest BCUT2D eigenvalue weighted by Gasteiger charge is -2.15. The van der Waals surface area contributed by atoms with Crippen LogP contribution < -0.4 is 5.32 Å². The molecule has 0 aliphatic heterocycles. The molecule has 0 bridgehead atoms. The Bertz CT molecular complexity index is 384. The Morgan fingerprint density at radius 3 is 2.67 bits per heavy atom. The van der Waals surface area contributed by atoms with E-state index in [2.05, 4.69) is 24.3 Å². The summed E-state index contributed by atoms with van der Waals surface area (Å²) < 4.78 is 6.75. The summed E-state index contributed by atoms with van der Waals surface area (Å²) in [6.07, 6.45) is 3.72. The maximum absolute atomic E-state index is 11.8. The van der Waals surface area contributed by atoms with Gasteiger partial charge in [-0.15, -0.1) is 0 Å². The molecule has 0 spiro atoms. The van der Waals surface area contributed by atoms with Crippen molar-refractivity contribution in [2.24, 2.45) is 7.05 Å². The van der Waals surface area contributed by atoms with Crippen LogP contribution in [-0.4, -0.2) is 28.4 Å².